The Balaban J connectivity index is 2.41. The molecular weight excluding hydrogens is 1130 g/mol. The number of ether oxygens (including phenoxy) is 14. The van der Waals surface area contributed by atoms with Crippen LogP contribution in [-0.2, 0) is 75.9 Å². The number of aliphatic hydroxyl groups is 13. The Bertz CT molecular complexity index is 1580. The first-order chi connectivity index (χ1) is 40.2. The van der Waals surface area contributed by atoms with Crippen molar-refractivity contribution in [2.75, 3.05) is 178 Å². The molecule has 0 bridgehead atoms. The fourth-order valence-electron chi connectivity index (χ4n) is 7.11. The van der Waals surface area contributed by atoms with E-state index >= 15 is 0 Å². The second-order valence-electron chi connectivity index (χ2n) is 19.7. The summed E-state index contributed by atoms with van der Waals surface area (Å²) in [5.41, 5.74) is 5.42. The fraction of sp³-hybridized carbons (Fsp3) is 0.961. The van der Waals surface area contributed by atoms with Crippen LogP contribution in [0.5, 0.6) is 0 Å². The molecule has 84 heavy (non-hydrogen) atoms. The smallest absolute Gasteiger partial charge is 0.222 e. The third kappa shape index (κ3) is 37.6. The first kappa shape index (κ1) is 79.8. The van der Waals surface area contributed by atoms with Crippen molar-refractivity contribution in [2.45, 2.75) is 132 Å². The number of hydrogen-bond donors (Lipinski definition) is 17. The Morgan fingerprint density at radius 2 is 1.00 bits per heavy atom. The number of carbonyl (C=O) groups excluding carboxylic acids is 2. The van der Waals surface area contributed by atoms with Gasteiger partial charge in [-0.05, 0) is 13.8 Å². The van der Waals surface area contributed by atoms with Crippen LogP contribution in [0.2, 0.25) is 0 Å². The molecule has 500 valence electrons. The van der Waals surface area contributed by atoms with E-state index in [1.807, 2.05) is 0 Å². The second kappa shape index (κ2) is 49.6. The molecule has 33 nitrogen and oxygen atoms in total. The minimum absolute atomic E-state index is 0.00106. The van der Waals surface area contributed by atoms with Gasteiger partial charge in [-0.2, -0.15) is 0 Å². The molecule has 0 saturated carbocycles. The molecule has 0 aromatic rings. The summed E-state index contributed by atoms with van der Waals surface area (Å²) in [5.74, 6) is -1.37. The standard InChI is InChI=1S/C51H102N4O29/c1-34(28-56)42(64)44(66)46(68)48(70)80-25-22-74-19-16-71-13-7-53-39(61)4-10-77-31-51(52,32-78-11-5-40(62)54-8-14-72-17-20-75-23-26-81-49(36(3)60)83-37(29-57)35(2)59)33-79-12-6-41(63)55-9-15-73-18-21-76-24-27-82-50-47(69)45(67)43(65)38(30-58)84-50/h34-38,40,42-50,54,56-60,62,64-70H,4-33,52H2,1-3H3,(H,53,61)(H,55,63)/t34?,35-,36?,37?,38?,40?,42+,43+,44?,45?,46?,47?,48+,49-,50-,51?/m0/s1. The molecule has 1 fully saturated rings. The van der Waals surface area contributed by atoms with Crippen LogP contribution in [0.1, 0.15) is 40.0 Å². The third-order valence-electron chi connectivity index (χ3n) is 12.2. The van der Waals surface area contributed by atoms with Crippen molar-refractivity contribution in [2.24, 2.45) is 11.7 Å². The summed E-state index contributed by atoms with van der Waals surface area (Å²) >= 11 is 0. The van der Waals surface area contributed by atoms with Crippen LogP contribution in [0.25, 0.3) is 0 Å². The Labute approximate surface area is 490 Å². The zero-order valence-electron chi connectivity index (χ0n) is 48.8. The van der Waals surface area contributed by atoms with Gasteiger partial charge in [0, 0.05) is 51.4 Å². The highest BCUT2D eigenvalue weighted by atomic mass is 16.7. The number of aliphatic hydroxyl groups excluding tert-OH is 13. The van der Waals surface area contributed by atoms with Gasteiger partial charge in [-0.3, -0.25) is 14.9 Å². The lowest BCUT2D eigenvalue weighted by molar-refractivity contribution is -0.302. The van der Waals surface area contributed by atoms with Gasteiger partial charge in [0.2, 0.25) is 11.8 Å². The van der Waals surface area contributed by atoms with Crippen LogP contribution < -0.4 is 21.7 Å². The van der Waals surface area contributed by atoms with Crippen molar-refractivity contribution < 1.29 is 142 Å². The maximum absolute atomic E-state index is 12.5. The topological polar surface area (TPSA) is 488 Å². The molecule has 10 unspecified atom stereocenters. The first-order valence-corrected chi connectivity index (χ1v) is 28.3. The molecule has 18 N–H and O–H groups in total. The van der Waals surface area contributed by atoms with Crippen molar-refractivity contribution in [1.82, 2.24) is 16.0 Å². The summed E-state index contributed by atoms with van der Waals surface area (Å²) in [4.78, 5) is 25.0. The number of nitrogens with two attached hydrogens (primary N) is 1. The molecule has 1 rings (SSSR count). The van der Waals surface area contributed by atoms with Gasteiger partial charge in [0.05, 0.1) is 170 Å². The first-order valence-electron chi connectivity index (χ1n) is 28.3. The Morgan fingerprint density at radius 1 is 0.524 bits per heavy atom. The number of nitrogens with one attached hydrogen (secondary N) is 3. The van der Waals surface area contributed by atoms with E-state index in [1.165, 1.54) is 20.8 Å². The van der Waals surface area contributed by atoms with Crippen LogP contribution in [0, 0.1) is 5.92 Å². The molecule has 0 aromatic heterocycles. The highest BCUT2D eigenvalue weighted by molar-refractivity contribution is 5.76. The maximum atomic E-state index is 12.5. The highest BCUT2D eigenvalue weighted by Gasteiger charge is 2.44. The molecule has 0 spiro atoms. The van der Waals surface area contributed by atoms with E-state index in [2.05, 4.69) is 16.0 Å². The quantitative estimate of drug-likeness (QED) is 0.0199. The van der Waals surface area contributed by atoms with Crippen molar-refractivity contribution in [3.63, 3.8) is 0 Å². The molecule has 0 radical (unpaired) electrons. The van der Waals surface area contributed by atoms with Crippen LogP contribution >= 0.6 is 0 Å². The number of amides is 2. The summed E-state index contributed by atoms with van der Waals surface area (Å²) in [6.45, 7) is 5.45. The Morgan fingerprint density at radius 3 is 1.49 bits per heavy atom. The summed E-state index contributed by atoms with van der Waals surface area (Å²) < 4.78 is 76.5. The van der Waals surface area contributed by atoms with E-state index in [1.54, 1.807) is 0 Å². The highest BCUT2D eigenvalue weighted by Crippen LogP contribution is 2.22. The summed E-state index contributed by atoms with van der Waals surface area (Å²) in [7, 11) is 0. The monoisotopic (exact) mass is 1230 g/mol. The zero-order valence-corrected chi connectivity index (χ0v) is 48.8. The molecule has 2 amide bonds. The van der Waals surface area contributed by atoms with Gasteiger partial charge in [0.25, 0.3) is 0 Å². The molecular formula is C51H102N4O29. The zero-order chi connectivity index (χ0) is 62.5. The lowest BCUT2D eigenvalue weighted by Crippen LogP contribution is -2.59. The van der Waals surface area contributed by atoms with Gasteiger partial charge in [0.15, 0.2) is 18.9 Å². The van der Waals surface area contributed by atoms with Crippen molar-refractivity contribution in [3.8, 4) is 0 Å². The van der Waals surface area contributed by atoms with E-state index in [9.17, 15) is 70.9 Å². The molecule has 1 aliphatic heterocycles. The van der Waals surface area contributed by atoms with E-state index in [0.717, 1.165) is 0 Å². The largest absolute Gasteiger partial charge is 0.396 e. The minimum atomic E-state index is -1.82. The molecule has 1 heterocycles. The van der Waals surface area contributed by atoms with Crippen molar-refractivity contribution >= 4 is 11.8 Å². The van der Waals surface area contributed by atoms with Gasteiger partial charge in [0.1, 0.15) is 55.1 Å². The molecule has 16 atom stereocenters. The van der Waals surface area contributed by atoms with E-state index in [-0.39, 0.29) is 183 Å². The average Bonchev–Trinajstić information content (AvgIpc) is 3.61. The van der Waals surface area contributed by atoms with Crippen LogP contribution in [0.4, 0.5) is 0 Å². The third-order valence-corrected chi connectivity index (χ3v) is 12.2. The second-order valence-corrected chi connectivity index (χ2v) is 19.7. The Kier molecular flexibility index (Phi) is 47.1. The van der Waals surface area contributed by atoms with Crippen molar-refractivity contribution in [3.05, 3.63) is 0 Å². The van der Waals surface area contributed by atoms with Gasteiger partial charge in [-0.15, -0.1) is 0 Å². The van der Waals surface area contributed by atoms with E-state index in [0.29, 0.717) is 6.54 Å². The fourth-order valence-corrected chi connectivity index (χ4v) is 7.11. The maximum Gasteiger partial charge on any atom is 0.222 e. The van der Waals surface area contributed by atoms with Gasteiger partial charge in [-0.25, -0.2) is 0 Å². The summed E-state index contributed by atoms with van der Waals surface area (Å²) in [6.07, 6.45) is -18.5. The molecule has 33 heteroatoms. The number of carbonyl (C=O) groups is 2. The lowest BCUT2D eigenvalue weighted by Gasteiger charge is -2.39. The molecule has 1 aliphatic rings. The normalized spacial score (nSPS) is 21.8. The van der Waals surface area contributed by atoms with Gasteiger partial charge in [-0.1, -0.05) is 6.92 Å². The van der Waals surface area contributed by atoms with Gasteiger partial charge >= 0.3 is 0 Å². The Hall–Kier alpha value is -2.22. The van der Waals surface area contributed by atoms with E-state index in [4.69, 9.17) is 77.2 Å². The van der Waals surface area contributed by atoms with Gasteiger partial charge < -0.3 is 149 Å². The van der Waals surface area contributed by atoms with E-state index < -0.39 is 117 Å². The average molecular weight is 1240 g/mol. The SMILES string of the molecule is CC(O)[C@@H](OCCOCCOCCNC(O)CCOCC(N)(COCCC(=O)NCCOCCOCCO[C@H]1OC(CO)[C@@H](O)C(O)C1O)COCCC(=O)NCCOCCOCCO[C@@H](O)C(O)C(O)[C@H](O)C(C)CO)OC(CO)[C@H](C)O. The van der Waals surface area contributed by atoms with Crippen LogP contribution in [0.3, 0.4) is 0 Å². The molecule has 0 aliphatic carbocycles. The van der Waals surface area contributed by atoms with Crippen LogP contribution in [-0.4, -0.2) is 348 Å². The summed E-state index contributed by atoms with van der Waals surface area (Å²) in [6, 6.07) is 0. The van der Waals surface area contributed by atoms with Crippen molar-refractivity contribution in [1.29, 1.82) is 0 Å². The molecule has 1 saturated heterocycles. The van der Waals surface area contributed by atoms with Crippen LogP contribution in [0.15, 0.2) is 0 Å². The minimum Gasteiger partial charge on any atom is -0.396 e. The predicted octanol–water partition coefficient (Wildman–Crippen LogP) is -8.51. The number of hydrogen-bond acceptors (Lipinski definition) is 31. The molecule has 0 aromatic carbocycles. The number of rotatable bonds is 57. The predicted molar refractivity (Wildman–Crippen MR) is 289 cm³/mol. The summed E-state index contributed by atoms with van der Waals surface area (Å²) in [5, 5.41) is 136. The lowest BCUT2D eigenvalue weighted by atomic mass is 9.97.